The molecule has 0 N–H and O–H groups in total. The summed E-state index contributed by atoms with van der Waals surface area (Å²) in [6, 6.07) is 17.6. The average molecular weight is 459 g/mol. The zero-order valence-electron chi connectivity index (χ0n) is 17.1. The van der Waals surface area contributed by atoms with Crippen LogP contribution in [-0.4, -0.2) is 21.2 Å². The first-order valence-electron chi connectivity index (χ1n) is 9.60. The molecule has 0 bridgehead atoms. The highest BCUT2D eigenvalue weighted by Crippen LogP contribution is 2.34. The molecule has 4 nitrogen and oxygen atoms in total. The number of carbonyl (C=O) groups excluding carboxylic acids is 1. The summed E-state index contributed by atoms with van der Waals surface area (Å²) in [5.41, 5.74) is 0.0130. The number of hydrogen-bond acceptors (Lipinski definition) is 3. The third kappa shape index (κ3) is 5.45. The minimum Gasteiger partial charge on any atom is -0.298 e. The van der Waals surface area contributed by atoms with Gasteiger partial charge in [-0.3, -0.25) is 9.10 Å². The fourth-order valence-corrected chi connectivity index (χ4v) is 4.44. The number of hydrogen-bond donors (Lipinski definition) is 0. The van der Waals surface area contributed by atoms with Gasteiger partial charge in [-0.15, -0.1) is 0 Å². The Kier molecular flexibility index (Phi) is 6.84. The standard InChI is InChI=1S/C24H20F3NO3S/c1-18-9-11-23(12-10-18)32(30,31)28(13-5-8-19-6-3-2-4-7-19)22-15-20(17-29)14-21(16-22)24(25,26)27/h2-12,14-17H,13H2,1H3. The highest BCUT2D eigenvalue weighted by atomic mass is 32.2. The van der Waals surface area contributed by atoms with E-state index in [1.54, 1.807) is 31.2 Å². The number of aldehydes is 1. The van der Waals surface area contributed by atoms with Gasteiger partial charge in [-0.1, -0.05) is 60.2 Å². The Balaban J connectivity index is 2.11. The molecule has 0 heterocycles. The van der Waals surface area contributed by atoms with Crippen molar-refractivity contribution in [3.05, 3.63) is 101 Å². The number of rotatable bonds is 7. The maximum Gasteiger partial charge on any atom is 0.416 e. The zero-order valence-corrected chi connectivity index (χ0v) is 17.9. The second-order valence-corrected chi connectivity index (χ2v) is 8.95. The fraction of sp³-hybridized carbons (Fsp3) is 0.125. The van der Waals surface area contributed by atoms with E-state index in [1.165, 1.54) is 12.1 Å². The van der Waals surface area contributed by atoms with E-state index in [4.69, 9.17) is 0 Å². The number of anilines is 1. The van der Waals surface area contributed by atoms with Gasteiger partial charge >= 0.3 is 6.18 Å². The van der Waals surface area contributed by atoms with Gasteiger partial charge in [0.05, 0.1) is 22.7 Å². The first-order chi connectivity index (χ1) is 15.1. The molecule has 0 saturated carbocycles. The van der Waals surface area contributed by atoms with Crippen molar-refractivity contribution in [1.82, 2.24) is 0 Å². The third-order valence-corrected chi connectivity index (χ3v) is 6.49. The lowest BCUT2D eigenvalue weighted by molar-refractivity contribution is -0.137. The normalized spacial score (nSPS) is 12.1. The molecule has 0 aliphatic rings. The summed E-state index contributed by atoms with van der Waals surface area (Å²) in [7, 11) is -4.21. The molecule has 0 saturated heterocycles. The van der Waals surface area contributed by atoms with Gasteiger partial charge < -0.3 is 0 Å². The summed E-state index contributed by atoms with van der Waals surface area (Å²) in [5.74, 6) is 0. The van der Waals surface area contributed by atoms with Gasteiger partial charge in [0.25, 0.3) is 10.0 Å². The van der Waals surface area contributed by atoms with E-state index in [0.717, 1.165) is 27.6 Å². The molecule has 0 aliphatic carbocycles. The van der Waals surface area contributed by atoms with Gasteiger partial charge in [0.2, 0.25) is 0 Å². The Morgan fingerprint density at radius 1 is 0.906 bits per heavy atom. The van der Waals surface area contributed by atoms with Crippen LogP contribution in [0.5, 0.6) is 0 Å². The van der Waals surface area contributed by atoms with Gasteiger partial charge in [0.1, 0.15) is 6.29 Å². The van der Waals surface area contributed by atoms with Gasteiger partial charge in [0, 0.05) is 5.56 Å². The largest absolute Gasteiger partial charge is 0.416 e. The molecule has 166 valence electrons. The van der Waals surface area contributed by atoms with Crippen molar-refractivity contribution < 1.29 is 26.4 Å². The summed E-state index contributed by atoms with van der Waals surface area (Å²) < 4.78 is 67.8. The number of alkyl halides is 3. The van der Waals surface area contributed by atoms with Crippen LogP contribution >= 0.6 is 0 Å². The molecule has 0 amide bonds. The molecular weight excluding hydrogens is 439 g/mol. The first kappa shape index (κ1) is 23.3. The molecule has 0 aliphatic heterocycles. The molecule has 3 aromatic carbocycles. The van der Waals surface area contributed by atoms with Crippen molar-refractivity contribution in [2.24, 2.45) is 0 Å². The van der Waals surface area contributed by atoms with E-state index in [2.05, 4.69) is 0 Å². The molecular formula is C24H20F3NO3S. The number of carbonyl (C=O) groups is 1. The molecule has 0 unspecified atom stereocenters. The van der Waals surface area contributed by atoms with Crippen LogP contribution in [0.1, 0.15) is 27.0 Å². The van der Waals surface area contributed by atoms with Crippen LogP contribution in [0.2, 0.25) is 0 Å². The van der Waals surface area contributed by atoms with Crippen LogP contribution in [0.25, 0.3) is 6.08 Å². The Morgan fingerprint density at radius 3 is 2.16 bits per heavy atom. The molecule has 0 radical (unpaired) electrons. The fourth-order valence-electron chi connectivity index (χ4n) is 3.04. The van der Waals surface area contributed by atoms with Crippen molar-refractivity contribution >= 4 is 28.1 Å². The Hall–Kier alpha value is -3.39. The lowest BCUT2D eigenvalue weighted by Crippen LogP contribution is -2.31. The van der Waals surface area contributed by atoms with Crippen molar-refractivity contribution in [3.63, 3.8) is 0 Å². The van der Waals surface area contributed by atoms with Gasteiger partial charge in [0.15, 0.2) is 0 Å². The van der Waals surface area contributed by atoms with E-state index >= 15 is 0 Å². The Bertz CT molecular complexity index is 1220. The number of benzene rings is 3. The number of aryl methyl sites for hydroxylation is 1. The summed E-state index contributed by atoms with van der Waals surface area (Å²) >= 11 is 0. The van der Waals surface area contributed by atoms with Crippen LogP contribution in [0.3, 0.4) is 0 Å². The smallest absolute Gasteiger partial charge is 0.298 e. The molecule has 0 aromatic heterocycles. The third-order valence-electron chi connectivity index (χ3n) is 4.68. The predicted molar refractivity (Wildman–Crippen MR) is 118 cm³/mol. The van der Waals surface area contributed by atoms with Crippen molar-refractivity contribution in [2.45, 2.75) is 18.0 Å². The highest BCUT2D eigenvalue weighted by molar-refractivity contribution is 7.92. The van der Waals surface area contributed by atoms with Gasteiger partial charge in [-0.2, -0.15) is 13.2 Å². The second kappa shape index (κ2) is 9.40. The van der Waals surface area contributed by atoms with Crippen LogP contribution in [0.4, 0.5) is 18.9 Å². The maximum absolute atomic E-state index is 13.4. The number of sulfonamides is 1. The SMILES string of the molecule is Cc1ccc(S(=O)(=O)N(CC=Cc2ccccc2)c2cc(C=O)cc(C(F)(F)F)c2)cc1. The number of halogens is 3. The van der Waals surface area contributed by atoms with Gasteiger partial charge in [-0.05, 0) is 42.8 Å². The van der Waals surface area contributed by atoms with E-state index < -0.39 is 21.8 Å². The summed E-state index contributed by atoms with van der Waals surface area (Å²) in [6.07, 6.45) is -1.27. The molecule has 8 heteroatoms. The second-order valence-electron chi connectivity index (χ2n) is 7.09. The van der Waals surface area contributed by atoms with Gasteiger partial charge in [-0.25, -0.2) is 8.42 Å². The van der Waals surface area contributed by atoms with Crippen LogP contribution in [-0.2, 0) is 16.2 Å². The van der Waals surface area contributed by atoms with Crippen molar-refractivity contribution in [3.8, 4) is 0 Å². The minimum atomic E-state index is -4.74. The van der Waals surface area contributed by atoms with Crippen molar-refractivity contribution in [2.75, 3.05) is 10.8 Å². The van der Waals surface area contributed by atoms with E-state index in [0.29, 0.717) is 6.07 Å². The zero-order chi connectivity index (χ0) is 23.4. The molecule has 3 aromatic rings. The minimum absolute atomic E-state index is 0.0683. The van der Waals surface area contributed by atoms with Crippen molar-refractivity contribution in [1.29, 1.82) is 0 Å². The van der Waals surface area contributed by atoms with E-state index in [-0.39, 0.29) is 29.0 Å². The van der Waals surface area contributed by atoms with E-state index in [1.807, 2.05) is 30.3 Å². The summed E-state index contributed by atoms with van der Waals surface area (Å²) in [4.78, 5) is 11.2. The molecule has 3 rings (SSSR count). The van der Waals surface area contributed by atoms with E-state index in [9.17, 15) is 26.4 Å². The molecule has 0 atom stereocenters. The summed E-state index contributed by atoms with van der Waals surface area (Å²) in [5, 5.41) is 0. The summed E-state index contributed by atoms with van der Waals surface area (Å²) in [6.45, 7) is 1.56. The predicted octanol–water partition coefficient (Wildman–Crippen LogP) is 5.74. The Morgan fingerprint density at radius 2 is 1.56 bits per heavy atom. The highest BCUT2D eigenvalue weighted by Gasteiger charge is 2.33. The average Bonchev–Trinajstić information content (AvgIpc) is 2.76. The lowest BCUT2D eigenvalue weighted by atomic mass is 10.1. The quantitative estimate of drug-likeness (QED) is 0.424. The Labute approximate surface area is 184 Å². The lowest BCUT2D eigenvalue weighted by Gasteiger charge is -2.24. The molecule has 32 heavy (non-hydrogen) atoms. The maximum atomic E-state index is 13.4. The molecule has 0 spiro atoms. The molecule has 0 fully saturated rings. The van der Waals surface area contributed by atoms with Crippen LogP contribution in [0.15, 0.2) is 83.8 Å². The van der Waals surface area contributed by atoms with Crippen LogP contribution < -0.4 is 4.31 Å². The van der Waals surface area contributed by atoms with Crippen LogP contribution in [0, 0.1) is 6.92 Å². The number of nitrogens with zero attached hydrogens (tertiary/aromatic N) is 1. The topological polar surface area (TPSA) is 54.5 Å². The monoisotopic (exact) mass is 459 g/mol. The first-order valence-corrected chi connectivity index (χ1v) is 11.0.